The molecule has 2 rings (SSSR count). The molecule has 0 spiro atoms. The Hall–Kier alpha value is -3.22. The first-order chi connectivity index (χ1) is 12.6. The van der Waals surface area contributed by atoms with E-state index in [-0.39, 0.29) is 11.1 Å². The molecule has 1 atom stereocenters. The second kappa shape index (κ2) is 7.99. The van der Waals surface area contributed by atoms with E-state index in [9.17, 15) is 24.8 Å². The Bertz CT molecular complexity index is 853. The third kappa shape index (κ3) is 5.37. The predicted octanol–water partition coefficient (Wildman–Crippen LogP) is 2.50. The number of nitro benzene ring substituents is 1. The van der Waals surface area contributed by atoms with Crippen LogP contribution in [0, 0.1) is 10.1 Å². The van der Waals surface area contributed by atoms with Gasteiger partial charge in [-0.05, 0) is 28.7 Å². The Morgan fingerprint density at radius 2 is 1.74 bits per heavy atom. The van der Waals surface area contributed by atoms with Crippen molar-refractivity contribution in [2.75, 3.05) is 0 Å². The molecule has 142 valence electrons. The zero-order valence-electron chi connectivity index (χ0n) is 15.4. The second-order valence-electron chi connectivity index (χ2n) is 7.28. The van der Waals surface area contributed by atoms with Gasteiger partial charge in [-0.2, -0.15) is 0 Å². The number of amides is 1. The van der Waals surface area contributed by atoms with Crippen LogP contribution in [0.15, 0.2) is 48.5 Å². The molecule has 0 fully saturated rings. The number of hydrogen-bond acceptors (Lipinski definition) is 5. The number of benzene rings is 2. The van der Waals surface area contributed by atoms with Gasteiger partial charge < -0.3 is 15.2 Å². The molecule has 7 heteroatoms. The number of carbonyl (C=O) groups is 2. The van der Waals surface area contributed by atoms with Crippen LogP contribution in [0.25, 0.3) is 0 Å². The summed E-state index contributed by atoms with van der Waals surface area (Å²) >= 11 is 0. The van der Waals surface area contributed by atoms with Gasteiger partial charge in [0.25, 0.3) is 11.6 Å². The molecule has 2 aromatic carbocycles. The highest BCUT2D eigenvalue weighted by molar-refractivity contribution is 5.94. The van der Waals surface area contributed by atoms with Crippen LogP contribution in [-0.4, -0.2) is 16.8 Å². The molecule has 0 aliphatic carbocycles. The van der Waals surface area contributed by atoms with E-state index in [0.717, 1.165) is 5.56 Å². The van der Waals surface area contributed by atoms with Crippen molar-refractivity contribution in [3.05, 3.63) is 75.3 Å². The molecule has 0 saturated carbocycles. The third-order valence-electron chi connectivity index (χ3n) is 4.17. The van der Waals surface area contributed by atoms with E-state index in [1.165, 1.54) is 24.3 Å². The molecular formula is C20H21N2O5-. The lowest BCUT2D eigenvalue weighted by Gasteiger charge is -2.21. The highest BCUT2D eigenvalue weighted by Crippen LogP contribution is 2.24. The lowest BCUT2D eigenvalue weighted by atomic mass is 9.86. The number of carbonyl (C=O) groups excluding carboxylic acids is 2. The Morgan fingerprint density at radius 1 is 1.11 bits per heavy atom. The normalized spacial score (nSPS) is 12.3. The number of nitro groups is 1. The van der Waals surface area contributed by atoms with E-state index in [4.69, 9.17) is 0 Å². The molecule has 1 unspecified atom stereocenters. The van der Waals surface area contributed by atoms with E-state index in [1.54, 1.807) is 12.1 Å². The van der Waals surface area contributed by atoms with Gasteiger partial charge in [0.2, 0.25) is 0 Å². The molecule has 0 aliphatic heterocycles. The summed E-state index contributed by atoms with van der Waals surface area (Å²) in [6.07, 6.45) is -0.493. The number of nitrogens with one attached hydrogen (secondary N) is 1. The summed E-state index contributed by atoms with van der Waals surface area (Å²) in [5.74, 6) is -1.83. The summed E-state index contributed by atoms with van der Waals surface area (Å²) in [5.41, 5.74) is 1.52. The summed E-state index contributed by atoms with van der Waals surface area (Å²) in [6, 6.07) is 11.6. The zero-order valence-corrected chi connectivity index (χ0v) is 15.4. The molecule has 1 N–H and O–H groups in total. The predicted molar refractivity (Wildman–Crippen MR) is 98.1 cm³/mol. The van der Waals surface area contributed by atoms with Crippen molar-refractivity contribution in [3.63, 3.8) is 0 Å². The van der Waals surface area contributed by atoms with Gasteiger partial charge in [0.15, 0.2) is 0 Å². The van der Waals surface area contributed by atoms with Crippen LogP contribution < -0.4 is 10.4 Å². The fraction of sp³-hybridized carbons (Fsp3) is 0.300. The van der Waals surface area contributed by atoms with Crippen molar-refractivity contribution < 1.29 is 19.6 Å². The quantitative estimate of drug-likeness (QED) is 0.621. The Labute approximate surface area is 157 Å². The lowest BCUT2D eigenvalue weighted by molar-refractivity contribution is -0.385. The van der Waals surface area contributed by atoms with Crippen LogP contribution in [0.4, 0.5) is 5.69 Å². The third-order valence-corrected chi connectivity index (χ3v) is 4.17. The molecule has 0 radical (unpaired) electrons. The van der Waals surface area contributed by atoms with Crippen molar-refractivity contribution in [3.8, 4) is 0 Å². The molecule has 2 aromatic rings. The van der Waals surface area contributed by atoms with E-state index in [2.05, 4.69) is 26.1 Å². The largest absolute Gasteiger partial charge is 0.550 e. The maximum Gasteiger partial charge on any atom is 0.269 e. The molecule has 7 nitrogen and oxygen atoms in total. The second-order valence-corrected chi connectivity index (χ2v) is 7.28. The summed E-state index contributed by atoms with van der Waals surface area (Å²) in [6.45, 7) is 6.17. The summed E-state index contributed by atoms with van der Waals surface area (Å²) in [7, 11) is 0. The maximum absolute atomic E-state index is 12.5. The minimum atomic E-state index is -1.37. The zero-order chi connectivity index (χ0) is 20.2. The number of nitrogens with zero attached hydrogens (tertiary/aromatic N) is 1. The van der Waals surface area contributed by atoms with E-state index >= 15 is 0 Å². The van der Waals surface area contributed by atoms with Crippen LogP contribution in [0.3, 0.4) is 0 Å². The fourth-order valence-electron chi connectivity index (χ4n) is 2.64. The summed E-state index contributed by atoms with van der Waals surface area (Å²) < 4.78 is 0. The van der Waals surface area contributed by atoms with Gasteiger partial charge in [-0.1, -0.05) is 45.0 Å². The van der Waals surface area contributed by atoms with Gasteiger partial charge in [0, 0.05) is 30.1 Å². The minimum Gasteiger partial charge on any atom is -0.550 e. The molecule has 27 heavy (non-hydrogen) atoms. The number of carboxylic acids is 1. The van der Waals surface area contributed by atoms with Crippen molar-refractivity contribution in [1.82, 2.24) is 5.32 Å². The van der Waals surface area contributed by atoms with Crippen molar-refractivity contribution in [1.29, 1.82) is 0 Å². The Kier molecular flexibility index (Phi) is 5.95. The standard InChI is InChI=1S/C20H22N2O5/c1-20(2,3)15-9-7-13(8-10-15)19(25)21-17(12-18(23)24)14-5-4-6-16(11-14)22(26)27/h4-11,17H,12H2,1-3H3,(H,21,25)(H,23,24)/p-1. The van der Waals surface area contributed by atoms with Gasteiger partial charge in [-0.3, -0.25) is 14.9 Å². The topological polar surface area (TPSA) is 112 Å². The van der Waals surface area contributed by atoms with Crippen LogP contribution >= 0.6 is 0 Å². The van der Waals surface area contributed by atoms with E-state index < -0.39 is 29.3 Å². The van der Waals surface area contributed by atoms with Gasteiger partial charge >= 0.3 is 0 Å². The highest BCUT2D eigenvalue weighted by Gasteiger charge is 2.19. The van der Waals surface area contributed by atoms with Crippen molar-refractivity contribution in [2.45, 2.75) is 38.6 Å². The highest BCUT2D eigenvalue weighted by atomic mass is 16.6. The van der Waals surface area contributed by atoms with Crippen molar-refractivity contribution in [2.24, 2.45) is 0 Å². The monoisotopic (exact) mass is 369 g/mol. The van der Waals surface area contributed by atoms with Crippen molar-refractivity contribution >= 4 is 17.6 Å². The number of aliphatic carboxylic acids is 1. The number of rotatable bonds is 6. The Morgan fingerprint density at radius 3 is 2.26 bits per heavy atom. The average Bonchev–Trinajstić information content (AvgIpc) is 2.60. The summed E-state index contributed by atoms with van der Waals surface area (Å²) in [5, 5.41) is 24.6. The van der Waals surface area contributed by atoms with Crippen LogP contribution in [0.2, 0.25) is 0 Å². The van der Waals surface area contributed by atoms with Gasteiger partial charge in [0.1, 0.15) is 0 Å². The maximum atomic E-state index is 12.5. The minimum absolute atomic E-state index is 0.0600. The Balaban J connectivity index is 2.25. The smallest absolute Gasteiger partial charge is 0.269 e. The SMILES string of the molecule is CC(C)(C)c1ccc(C(=O)NC(CC(=O)[O-])c2cccc([N+](=O)[O-])c2)cc1. The average molecular weight is 369 g/mol. The van der Waals surface area contributed by atoms with E-state index in [1.807, 2.05) is 12.1 Å². The number of carboxylic acid groups (broad SMARTS) is 1. The molecule has 0 heterocycles. The first-order valence-corrected chi connectivity index (χ1v) is 8.43. The molecule has 0 aliphatic rings. The molecule has 0 bridgehead atoms. The van der Waals surface area contributed by atoms with Gasteiger partial charge in [-0.25, -0.2) is 0 Å². The van der Waals surface area contributed by atoms with Crippen LogP contribution in [0.5, 0.6) is 0 Å². The van der Waals surface area contributed by atoms with Crippen LogP contribution in [0.1, 0.15) is 54.7 Å². The van der Waals surface area contributed by atoms with E-state index in [0.29, 0.717) is 11.1 Å². The lowest BCUT2D eigenvalue weighted by Crippen LogP contribution is -2.34. The number of non-ortho nitro benzene ring substituents is 1. The van der Waals surface area contributed by atoms with Gasteiger partial charge in [-0.15, -0.1) is 0 Å². The van der Waals surface area contributed by atoms with Gasteiger partial charge in [0.05, 0.1) is 11.0 Å². The number of hydrogen-bond donors (Lipinski definition) is 1. The first-order valence-electron chi connectivity index (χ1n) is 8.43. The first kappa shape index (κ1) is 20.1. The molecular weight excluding hydrogens is 348 g/mol. The fourth-order valence-corrected chi connectivity index (χ4v) is 2.64. The molecule has 1 amide bonds. The molecule has 0 saturated heterocycles. The van der Waals surface area contributed by atoms with Crippen LogP contribution in [-0.2, 0) is 10.2 Å². The molecule has 0 aromatic heterocycles. The summed E-state index contributed by atoms with van der Waals surface area (Å²) in [4.78, 5) is 34.0.